The largest absolute Gasteiger partial charge is 0.359 e. The molecule has 0 aliphatic carbocycles. The van der Waals surface area contributed by atoms with E-state index in [1.54, 1.807) is 16.5 Å². The van der Waals surface area contributed by atoms with E-state index in [0.717, 1.165) is 24.0 Å². The summed E-state index contributed by atoms with van der Waals surface area (Å²) >= 11 is 5.99. The first-order chi connectivity index (χ1) is 16.1. The number of anilines is 1. The van der Waals surface area contributed by atoms with Crippen LogP contribution in [0.3, 0.4) is 0 Å². The maximum Gasteiger partial charge on any atom is 0.322 e. The molecule has 2 amide bonds. The number of carbonyl (C=O) groups is 1. The smallest absolute Gasteiger partial charge is 0.322 e. The highest BCUT2D eigenvalue weighted by Crippen LogP contribution is 2.34. The van der Waals surface area contributed by atoms with E-state index in [0.29, 0.717) is 41.1 Å². The van der Waals surface area contributed by atoms with Gasteiger partial charge in [-0.15, -0.1) is 5.10 Å². The minimum absolute atomic E-state index is 0.229. The molecule has 0 spiro atoms. The Kier molecular flexibility index (Phi) is 5.78. The first kappa shape index (κ1) is 21.1. The molecule has 2 aromatic heterocycles. The second kappa shape index (κ2) is 9.03. The lowest BCUT2D eigenvalue weighted by atomic mass is 10.1. The highest BCUT2D eigenvalue weighted by atomic mass is 35.5. The first-order valence-electron chi connectivity index (χ1n) is 10.7. The summed E-state index contributed by atoms with van der Waals surface area (Å²) in [6.07, 6.45) is 1.64. The zero-order valence-corrected chi connectivity index (χ0v) is 18.7. The van der Waals surface area contributed by atoms with E-state index in [9.17, 15) is 4.79 Å². The van der Waals surface area contributed by atoms with Crippen LogP contribution in [0.4, 0.5) is 10.5 Å². The average Bonchev–Trinajstić information content (AvgIpc) is 3.56. The predicted molar refractivity (Wildman–Crippen MR) is 123 cm³/mol. The second-order valence-electron chi connectivity index (χ2n) is 7.93. The summed E-state index contributed by atoms with van der Waals surface area (Å²) < 4.78 is 7.11. The molecule has 1 aliphatic rings. The van der Waals surface area contributed by atoms with E-state index in [4.69, 9.17) is 16.1 Å². The van der Waals surface area contributed by atoms with Gasteiger partial charge in [0, 0.05) is 17.1 Å². The fourth-order valence-corrected chi connectivity index (χ4v) is 4.22. The molecule has 1 atom stereocenters. The normalized spacial score (nSPS) is 15.7. The number of hydrogen-bond acceptors (Lipinski definition) is 6. The zero-order chi connectivity index (χ0) is 22.8. The molecule has 5 rings (SSSR count). The molecular weight excluding hydrogens is 442 g/mol. The van der Waals surface area contributed by atoms with Crippen LogP contribution in [-0.4, -0.2) is 42.8 Å². The summed E-state index contributed by atoms with van der Waals surface area (Å²) in [6.45, 7) is 2.88. The molecule has 1 saturated heterocycles. The number of benzene rings is 2. The van der Waals surface area contributed by atoms with Gasteiger partial charge < -0.3 is 14.7 Å². The molecule has 4 aromatic rings. The SMILES string of the molecule is Cc1onc(-c2ccccc2)c1NC(=O)N1CCC[C@@H]1c1nnnn1Cc1ccc(Cl)cc1. The number of nitrogens with zero attached hydrogens (tertiary/aromatic N) is 6. The molecule has 2 aromatic carbocycles. The van der Waals surface area contributed by atoms with E-state index in [1.807, 2.05) is 54.6 Å². The van der Waals surface area contributed by atoms with Crippen molar-refractivity contribution in [2.24, 2.45) is 0 Å². The number of hydrogen-bond donors (Lipinski definition) is 1. The Balaban J connectivity index is 1.36. The third-order valence-corrected chi connectivity index (χ3v) is 6.01. The van der Waals surface area contributed by atoms with E-state index in [2.05, 4.69) is 26.0 Å². The fourth-order valence-electron chi connectivity index (χ4n) is 4.09. The minimum Gasteiger partial charge on any atom is -0.359 e. The van der Waals surface area contributed by atoms with E-state index < -0.39 is 0 Å². The van der Waals surface area contributed by atoms with Crippen molar-refractivity contribution in [3.63, 3.8) is 0 Å². The van der Waals surface area contributed by atoms with E-state index in [1.165, 1.54) is 0 Å². The molecule has 1 N–H and O–H groups in total. The maximum atomic E-state index is 13.3. The number of aryl methyl sites for hydroxylation is 1. The van der Waals surface area contributed by atoms with E-state index >= 15 is 0 Å². The average molecular weight is 464 g/mol. The van der Waals surface area contributed by atoms with Crippen molar-refractivity contribution in [2.75, 3.05) is 11.9 Å². The van der Waals surface area contributed by atoms with Crippen molar-refractivity contribution in [3.8, 4) is 11.3 Å². The summed E-state index contributed by atoms with van der Waals surface area (Å²) in [7, 11) is 0. The van der Waals surface area contributed by atoms with Crippen molar-refractivity contribution in [1.82, 2.24) is 30.3 Å². The van der Waals surface area contributed by atoms with Crippen LogP contribution in [-0.2, 0) is 6.54 Å². The van der Waals surface area contributed by atoms with Gasteiger partial charge in [-0.05, 0) is 47.9 Å². The number of halogens is 1. The summed E-state index contributed by atoms with van der Waals surface area (Å²) in [5, 5.41) is 20.1. The third kappa shape index (κ3) is 4.31. The molecule has 3 heterocycles. The Bertz CT molecular complexity index is 1250. The topological polar surface area (TPSA) is 102 Å². The number of amides is 2. The number of nitrogens with one attached hydrogen (secondary N) is 1. The summed E-state index contributed by atoms with van der Waals surface area (Å²) in [5.74, 6) is 1.20. The van der Waals surface area contributed by atoms with Crippen molar-refractivity contribution in [2.45, 2.75) is 32.4 Å². The number of aromatic nitrogens is 5. The fraction of sp³-hybridized carbons (Fsp3) is 0.261. The Hall–Kier alpha value is -3.72. The number of carbonyl (C=O) groups excluding carboxylic acids is 1. The van der Waals surface area contributed by atoms with Gasteiger partial charge in [-0.2, -0.15) is 0 Å². The van der Waals surface area contributed by atoms with Gasteiger partial charge >= 0.3 is 6.03 Å². The third-order valence-electron chi connectivity index (χ3n) is 5.76. The summed E-state index contributed by atoms with van der Waals surface area (Å²) in [6, 6.07) is 16.7. The molecule has 0 radical (unpaired) electrons. The van der Waals surface area contributed by atoms with Crippen LogP contribution in [0.25, 0.3) is 11.3 Å². The highest BCUT2D eigenvalue weighted by molar-refractivity contribution is 6.30. The molecule has 0 unspecified atom stereocenters. The van der Waals surface area contributed by atoms with Crippen molar-refractivity contribution >= 4 is 23.3 Å². The molecule has 168 valence electrons. The molecule has 33 heavy (non-hydrogen) atoms. The van der Waals surface area contributed by atoms with Gasteiger partial charge in [0.2, 0.25) is 0 Å². The summed E-state index contributed by atoms with van der Waals surface area (Å²) in [4.78, 5) is 15.1. The Morgan fingerprint density at radius 3 is 2.76 bits per heavy atom. The number of rotatable bonds is 5. The number of tetrazole rings is 1. The van der Waals surface area contributed by atoms with Crippen LogP contribution >= 0.6 is 11.6 Å². The van der Waals surface area contributed by atoms with Gasteiger partial charge in [-0.3, -0.25) is 0 Å². The molecule has 10 heteroatoms. The standard InChI is InChI=1S/C23H22ClN7O2/c1-15-20(21(27-33-15)17-6-3-2-4-7-17)25-23(32)30-13-5-8-19(30)22-26-28-29-31(22)14-16-9-11-18(24)12-10-16/h2-4,6-7,9-12,19H,5,8,13-14H2,1H3,(H,25,32)/t19-/m1/s1. The number of likely N-dealkylation sites (tertiary alicyclic amines) is 1. The molecular formula is C23H22ClN7O2. The Morgan fingerprint density at radius 1 is 1.18 bits per heavy atom. The monoisotopic (exact) mass is 463 g/mol. The van der Waals surface area contributed by atoms with Crippen LogP contribution < -0.4 is 5.32 Å². The predicted octanol–water partition coefficient (Wildman–Crippen LogP) is 4.71. The Morgan fingerprint density at radius 2 is 1.97 bits per heavy atom. The molecule has 1 aliphatic heterocycles. The van der Waals surface area contributed by atoms with Crippen LogP contribution in [0.15, 0.2) is 59.1 Å². The van der Waals surface area contributed by atoms with Crippen LogP contribution in [0.5, 0.6) is 0 Å². The van der Waals surface area contributed by atoms with Crippen LogP contribution in [0, 0.1) is 6.92 Å². The second-order valence-corrected chi connectivity index (χ2v) is 8.37. The minimum atomic E-state index is -0.234. The first-order valence-corrected chi connectivity index (χ1v) is 11.1. The van der Waals surface area contributed by atoms with Crippen LogP contribution in [0.2, 0.25) is 5.02 Å². The lowest BCUT2D eigenvalue weighted by molar-refractivity contribution is 0.203. The van der Waals surface area contributed by atoms with Crippen molar-refractivity contribution in [3.05, 3.63) is 76.8 Å². The molecule has 0 bridgehead atoms. The number of urea groups is 1. The zero-order valence-electron chi connectivity index (χ0n) is 18.0. The quantitative estimate of drug-likeness (QED) is 0.460. The lowest BCUT2D eigenvalue weighted by Gasteiger charge is -2.24. The Labute approximate surface area is 195 Å². The van der Waals surface area contributed by atoms with Crippen molar-refractivity contribution < 1.29 is 9.32 Å². The van der Waals surface area contributed by atoms with Gasteiger partial charge in [-0.1, -0.05) is 59.2 Å². The molecule has 0 saturated carbocycles. The van der Waals surface area contributed by atoms with Gasteiger partial charge in [0.15, 0.2) is 11.6 Å². The lowest BCUT2D eigenvalue weighted by Crippen LogP contribution is -2.36. The maximum absolute atomic E-state index is 13.3. The van der Waals surface area contributed by atoms with Gasteiger partial charge in [0.05, 0.1) is 12.6 Å². The van der Waals surface area contributed by atoms with Crippen LogP contribution in [0.1, 0.15) is 36.0 Å². The van der Waals surface area contributed by atoms with Gasteiger partial charge in [0.1, 0.15) is 11.4 Å². The molecule has 1 fully saturated rings. The van der Waals surface area contributed by atoms with Gasteiger partial charge in [0.25, 0.3) is 0 Å². The highest BCUT2D eigenvalue weighted by Gasteiger charge is 2.35. The molecule has 9 nitrogen and oxygen atoms in total. The van der Waals surface area contributed by atoms with Gasteiger partial charge in [-0.25, -0.2) is 9.48 Å². The van der Waals surface area contributed by atoms with E-state index in [-0.39, 0.29) is 12.1 Å². The summed E-state index contributed by atoms with van der Waals surface area (Å²) in [5.41, 5.74) is 3.06. The van der Waals surface area contributed by atoms with Crippen molar-refractivity contribution in [1.29, 1.82) is 0 Å².